The van der Waals surface area contributed by atoms with E-state index in [0.717, 1.165) is 19.3 Å². The van der Waals surface area contributed by atoms with Crippen LogP contribution < -0.4 is 5.73 Å². The number of oxazole rings is 1. The van der Waals surface area contributed by atoms with Crippen LogP contribution in [-0.2, 0) is 25.6 Å². The number of ketones is 1. The van der Waals surface area contributed by atoms with Crippen molar-refractivity contribution in [2.45, 2.75) is 103 Å². The van der Waals surface area contributed by atoms with Gasteiger partial charge in [-0.25, -0.2) is 4.98 Å². The second-order valence-electron chi connectivity index (χ2n) is 11.0. The van der Waals surface area contributed by atoms with Gasteiger partial charge in [-0.15, -0.1) is 0 Å². The first-order chi connectivity index (χ1) is 16.8. The molecular formula is C26H39ClN2O7. The number of hydrogen-bond donors (Lipinski definition) is 3. The van der Waals surface area contributed by atoms with E-state index >= 15 is 0 Å². The lowest BCUT2D eigenvalue weighted by Crippen LogP contribution is -2.45. The average molecular weight is 527 g/mol. The van der Waals surface area contributed by atoms with Crippen LogP contribution >= 0.6 is 11.6 Å². The Morgan fingerprint density at radius 2 is 1.97 bits per heavy atom. The summed E-state index contributed by atoms with van der Waals surface area (Å²) in [5.41, 5.74) is 4.33. The van der Waals surface area contributed by atoms with Crippen LogP contribution in [0, 0.1) is 17.3 Å². The van der Waals surface area contributed by atoms with Crippen LogP contribution in [0.15, 0.2) is 15.7 Å². The SMILES string of the molecule is C[C@H]1CCC[C@@]2(C)O[C@H]2C[C@@H](C(Cl)=Cc2coc(CN)n2)OC(=O)C[C@H](O)C(C)(C)C(=O)[C@H](C)[C@H]1O. The van der Waals surface area contributed by atoms with E-state index in [9.17, 15) is 19.8 Å². The van der Waals surface area contributed by atoms with Gasteiger partial charge in [-0.3, -0.25) is 9.59 Å². The first-order valence-corrected chi connectivity index (χ1v) is 13.0. The van der Waals surface area contributed by atoms with Gasteiger partial charge in [0.2, 0.25) is 5.89 Å². The summed E-state index contributed by atoms with van der Waals surface area (Å²) in [6.45, 7) is 8.89. The monoisotopic (exact) mass is 526 g/mol. The fourth-order valence-corrected chi connectivity index (χ4v) is 5.15. The largest absolute Gasteiger partial charge is 0.456 e. The molecule has 0 unspecified atom stereocenters. The molecule has 4 N–H and O–H groups in total. The highest BCUT2D eigenvalue weighted by Gasteiger charge is 2.53. The van der Waals surface area contributed by atoms with Crippen molar-refractivity contribution in [3.05, 3.63) is 22.9 Å². The van der Waals surface area contributed by atoms with Crippen LogP contribution in [0.3, 0.4) is 0 Å². The molecule has 0 aromatic carbocycles. The van der Waals surface area contributed by atoms with Crippen molar-refractivity contribution in [3.8, 4) is 0 Å². The van der Waals surface area contributed by atoms with Crippen molar-refractivity contribution in [1.29, 1.82) is 0 Å². The van der Waals surface area contributed by atoms with Gasteiger partial charge >= 0.3 is 5.97 Å². The number of epoxide rings is 1. The highest BCUT2D eigenvalue weighted by Crippen LogP contribution is 2.45. The van der Waals surface area contributed by atoms with Gasteiger partial charge in [0, 0.05) is 12.3 Å². The number of cyclic esters (lactones) is 1. The van der Waals surface area contributed by atoms with Crippen LogP contribution in [0.4, 0.5) is 0 Å². The molecule has 0 amide bonds. The van der Waals surface area contributed by atoms with E-state index in [4.69, 9.17) is 31.2 Å². The van der Waals surface area contributed by atoms with Crippen LogP contribution in [0.5, 0.6) is 0 Å². The van der Waals surface area contributed by atoms with Crippen LogP contribution in [0.25, 0.3) is 6.08 Å². The number of Topliss-reactive ketones (excluding diaryl/α,β-unsaturated/α-hetero) is 1. The molecule has 1 aromatic heterocycles. The molecule has 3 heterocycles. The van der Waals surface area contributed by atoms with E-state index in [1.807, 2.05) is 13.8 Å². The molecule has 2 aliphatic heterocycles. The summed E-state index contributed by atoms with van der Waals surface area (Å²) in [5, 5.41) is 21.9. The number of aliphatic hydroxyl groups excluding tert-OH is 2. The van der Waals surface area contributed by atoms with Crippen LogP contribution in [0.1, 0.15) is 78.3 Å². The normalized spacial score (nSPS) is 36.8. The summed E-state index contributed by atoms with van der Waals surface area (Å²) in [6.07, 6.45) is 2.01. The molecule has 2 aliphatic rings. The molecule has 2 fully saturated rings. The molecule has 9 nitrogen and oxygen atoms in total. The lowest BCUT2D eigenvalue weighted by atomic mass is 9.73. The maximum absolute atomic E-state index is 13.2. The Hall–Kier alpha value is -1.78. The molecule has 0 bridgehead atoms. The zero-order valence-corrected chi connectivity index (χ0v) is 22.5. The summed E-state index contributed by atoms with van der Waals surface area (Å²) in [5.74, 6) is -1.45. The van der Waals surface area contributed by atoms with E-state index in [-0.39, 0.29) is 29.4 Å². The molecule has 36 heavy (non-hydrogen) atoms. The highest BCUT2D eigenvalue weighted by atomic mass is 35.5. The van der Waals surface area contributed by atoms with Crippen LogP contribution in [-0.4, -0.2) is 57.0 Å². The number of halogens is 1. The van der Waals surface area contributed by atoms with Crippen molar-refractivity contribution in [1.82, 2.24) is 4.98 Å². The first-order valence-electron chi connectivity index (χ1n) is 12.6. The molecule has 0 spiro atoms. The maximum Gasteiger partial charge on any atom is 0.309 e. The fourth-order valence-electron chi connectivity index (χ4n) is 4.90. The number of rotatable bonds is 3. The Kier molecular flexibility index (Phi) is 9.04. The van der Waals surface area contributed by atoms with E-state index in [0.29, 0.717) is 18.0 Å². The summed E-state index contributed by atoms with van der Waals surface area (Å²) in [6, 6.07) is 0. The topological polar surface area (TPSA) is 148 Å². The second-order valence-corrected chi connectivity index (χ2v) is 11.4. The molecule has 0 saturated carbocycles. The van der Waals surface area contributed by atoms with Gasteiger partial charge in [-0.1, -0.05) is 45.7 Å². The number of aliphatic hydroxyl groups is 2. The van der Waals surface area contributed by atoms with Crippen molar-refractivity contribution < 1.29 is 33.7 Å². The third kappa shape index (κ3) is 6.55. The third-order valence-electron chi connectivity index (χ3n) is 7.74. The van der Waals surface area contributed by atoms with Crippen molar-refractivity contribution in [2.24, 2.45) is 23.0 Å². The Bertz CT molecular complexity index is 977. The minimum Gasteiger partial charge on any atom is -0.456 e. The minimum absolute atomic E-state index is 0.110. The number of carbonyl (C=O) groups excluding carboxylic acids is 2. The Labute approximate surface area is 217 Å². The number of nitrogens with zero attached hydrogens (tertiary/aromatic N) is 1. The Balaban J connectivity index is 1.85. The number of carbonyl (C=O) groups is 2. The predicted molar refractivity (Wildman–Crippen MR) is 134 cm³/mol. The van der Waals surface area contributed by atoms with Gasteiger partial charge < -0.3 is 29.8 Å². The lowest BCUT2D eigenvalue weighted by Gasteiger charge is -2.34. The van der Waals surface area contributed by atoms with Gasteiger partial charge in [0.25, 0.3) is 0 Å². The maximum atomic E-state index is 13.2. The van der Waals surface area contributed by atoms with Crippen molar-refractivity contribution in [2.75, 3.05) is 0 Å². The zero-order chi connectivity index (χ0) is 26.8. The molecule has 0 aliphatic carbocycles. The molecule has 0 radical (unpaired) electrons. The number of aromatic nitrogens is 1. The molecule has 202 valence electrons. The van der Waals surface area contributed by atoms with Gasteiger partial charge in [-0.05, 0) is 31.8 Å². The van der Waals surface area contributed by atoms with Gasteiger partial charge in [0.1, 0.15) is 23.8 Å². The van der Waals surface area contributed by atoms with E-state index in [2.05, 4.69) is 4.98 Å². The van der Waals surface area contributed by atoms with E-state index < -0.39 is 47.6 Å². The number of ether oxygens (including phenoxy) is 2. The Morgan fingerprint density at radius 1 is 1.28 bits per heavy atom. The quantitative estimate of drug-likeness (QED) is 0.398. The highest BCUT2D eigenvalue weighted by molar-refractivity contribution is 6.32. The van der Waals surface area contributed by atoms with Crippen molar-refractivity contribution >= 4 is 29.4 Å². The standard InChI is InChI=1S/C26H39ClN2O7/c1-14-7-6-8-26(5)20(36-26)10-18(17(27)9-16-13-34-21(12-28)29-16)35-22(31)11-19(30)25(3,4)24(33)15(2)23(14)32/h9,13-15,18-20,23,30,32H,6-8,10-12,28H2,1-5H3/t14-,15+,18-,19-,20-,23-,26+/m0/s1. The summed E-state index contributed by atoms with van der Waals surface area (Å²) < 4.78 is 16.9. The third-order valence-corrected chi connectivity index (χ3v) is 8.10. The molecule has 10 heteroatoms. The van der Waals surface area contributed by atoms with E-state index in [1.54, 1.807) is 26.8 Å². The molecule has 3 rings (SSSR count). The fraction of sp³-hybridized carbons (Fsp3) is 0.731. The summed E-state index contributed by atoms with van der Waals surface area (Å²) in [7, 11) is 0. The molecule has 7 atom stereocenters. The van der Waals surface area contributed by atoms with Crippen molar-refractivity contribution in [3.63, 3.8) is 0 Å². The zero-order valence-electron chi connectivity index (χ0n) is 21.7. The molecule has 2 saturated heterocycles. The minimum atomic E-state index is -1.30. The summed E-state index contributed by atoms with van der Waals surface area (Å²) in [4.78, 5) is 30.3. The smallest absolute Gasteiger partial charge is 0.309 e. The number of hydrogen-bond acceptors (Lipinski definition) is 9. The number of fused-ring (bicyclic) bond motifs is 1. The summed E-state index contributed by atoms with van der Waals surface area (Å²) >= 11 is 6.58. The lowest BCUT2D eigenvalue weighted by molar-refractivity contribution is -0.154. The van der Waals surface area contributed by atoms with Gasteiger partial charge in [0.05, 0.1) is 47.3 Å². The van der Waals surface area contributed by atoms with Crippen LogP contribution in [0.2, 0.25) is 0 Å². The molecule has 1 aromatic rings. The number of esters is 1. The van der Waals surface area contributed by atoms with Gasteiger partial charge in [-0.2, -0.15) is 0 Å². The van der Waals surface area contributed by atoms with E-state index in [1.165, 1.54) is 6.26 Å². The Morgan fingerprint density at radius 3 is 2.61 bits per heavy atom. The first kappa shape index (κ1) is 28.8. The second kappa shape index (κ2) is 11.3. The van der Waals surface area contributed by atoms with Gasteiger partial charge in [0.15, 0.2) is 0 Å². The predicted octanol–water partition coefficient (Wildman–Crippen LogP) is 3.34. The average Bonchev–Trinajstić information content (AvgIpc) is 3.23. The number of nitrogens with two attached hydrogens (primary N) is 1. The molecular weight excluding hydrogens is 488 g/mol.